The van der Waals surface area contributed by atoms with E-state index in [0.29, 0.717) is 12.3 Å². The molecule has 1 aliphatic heterocycles. The molecule has 0 aromatic carbocycles. The molecule has 17 heavy (non-hydrogen) atoms. The van der Waals surface area contributed by atoms with Gasteiger partial charge >= 0.3 is 0 Å². The fraction of sp³-hybridized carbons (Fsp3) is 0.923. The number of hydrogen-bond donors (Lipinski definition) is 2. The Bertz CT molecular complexity index is 264. The first kappa shape index (κ1) is 12.8. The van der Waals surface area contributed by atoms with Gasteiger partial charge in [0, 0.05) is 19.1 Å². The Morgan fingerprint density at radius 1 is 1.47 bits per heavy atom. The van der Waals surface area contributed by atoms with Crippen LogP contribution in [0.2, 0.25) is 0 Å². The summed E-state index contributed by atoms with van der Waals surface area (Å²) >= 11 is 0. The Balaban J connectivity index is 1.66. The molecule has 1 saturated carbocycles. The van der Waals surface area contributed by atoms with Crippen molar-refractivity contribution in [2.75, 3.05) is 6.61 Å². The highest BCUT2D eigenvalue weighted by Gasteiger charge is 2.41. The predicted octanol–water partition coefficient (Wildman–Crippen LogP) is 1.19. The molecule has 4 heteroatoms. The van der Waals surface area contributed by atoms with Crippen molar-refractivity contribution >= 4 is 5.91 Å². The number of hydrogen-bond acceptors (Lipinski definition) is 3. The highest BCUT2D eigenvalue weighted by atomic mass is 16.5. The highest BCUT2D eigenvalue weighted by molar-refractivity contribution is 5.76. The molecule has 0 aromatic heterocycles. The highest BCUT2D eigenvalue weighted by Crippen LogP contribution is 2.38. The van der Waals surface area contributed by atoms with Crippen LogP contribution in [0.1, 0.15) is 45.4 Å². The molecule has 1 heterocycles. The van der Waals surface area contributed by atoms with Gasteiger partial charge in [-0.2, -0.15) is 0 Å². The molecule has 2 aliphatic rings. The molecule has 98 valence electrons. The molecule has 1 saturated heterocycles. The van der Waals surface area contributed by atoms with Gasteiger partial charge in [0.2, 0.25) is 5.91 Å². The lowest BCUT2D eigenvalue weighted by Crippen LogP contribution is -2.41. The average Bonchev–Trinajstić information content (AvgIpc) is 3.00. The molecule has 3 unspecified atom stereocenters. The summed E-state index contributed by atoms with van der Waals surface area (Å²) in [5.74, 6) is 0.860. The van der Waals surface area contributed by atoms with E-state index < -0.39 is 0 Å². The molecule has 2 fully saturated rings. The topological polar surface area (TPSA) is 64.4 Å². The van der Waals surface area contributed by atoms with Gasteiger partial charge in [-0.3, -0.25) is 4.79 Å². The third-order valence-electron chi connectivity index (χ3n) is 3.63. The standard InChI is InChI=1S/C13H24N2O2/c1-9(14)3-2-4-12(16)15-11-7-8-17-13(11)10-5-6-10/h9-11,13H,2-8,14H2,1H3,(H,15,16). The molecule has 2 rings (SSSR count). The van der Waals surface area contributed by atoms with E-state index in [-0.39, 0.29) is 24.1 Å². The minimum absolute atomic E-state index is 0.159. The van der Waals surface area contributed by atoms with E-state index in [2.05, 4.69) is 5.32 Å². The SMILES string of the molecule is CC(N)CCCC(=O)NC1CCOC1C1CC1. The number of nitrogens with two attached hydrogens (primary N) is 1. The van der Waals surface area contributed by atoms with Crippen LogP contribution in [0.4, 0.5) is 0 Å². The maximum absolute atomic E-state index is 11.8. The molecule has 4 nitrogen and oxygen atoms in total. The number of rotatable bonds is 6. The Kier molecular flexibility index (Phi) is 4.40. The Labute approximate surface area is 103 Å². The smallest absolute Gasteiger partial charge is 0.220 e. The lowest BCUT2D eigenvalue weighted by Gasteiger charge is -2.19. The van der Waals surface area contributed by atoms with Crippen LogP contribution in [0.25, 0.3) is 0 Å². The largest absolute Gasteiger partial charge is 0.376 e. The van der Waals surface area contributed by atoms with Crippen LogP contribution in [0.5, 0.6) is 0 Å². The first-order chi connectivity index (χ1) is 8.16. The van der Waals surface area contributed by atoms with E-state index in [1.807, 2.05) is 6.92 Å². The van der Waals surface area contributed by atoms with E-state index in [4.69, 9.17) is 10.5 Å². The Morgan fingerprint density at radius 3 is 2.88 bits per heavy atom. The lowest BCUT2D eigenvalue weighted by atomic mass is 10.1. The van der Waals surface area contributed by atoms with Gasteiger partial charge in [-0.15, -0.1) is 0 Å². The fourth-order valence-electron chi connectivity index (χ4n) is 2.52. The number of amides is 1. The van der Waals surface area contributed by atoms with Crippen molar-refractivity contribution in [1.82, 2.24) is 5.32 Å². The van der Waals surface area contributed by atoms with Crippen molar-refractivity contribution < 1.29 is 9.53 Å². The molecule has 0 spiro atoms. The zero-order chi connectivity index (χ0) is 12.3. The van der Waals surface area contributed by atoms with Crippen LogP contribution in [-0.4, -0.2) is 30.7 Å². The Hall–Kier alpha value is -0.610. The first-order valence-electron chi connectivity index (χ1n) is 6.83. The van der Waals surface area contributed by atoms with E-state index in [1.165, 1.54) is 12.8 Å². The molecular weight excluding hydrogens is 216 g/mol. The van der Waals surface area contributed by atoms with Crippen molar-refractivity contribution in [2.24, 2.45) is 11.7 Å². The molecular formula is C13H24N2O2. The molecule has 1 aliphatic carbocycles. The van der Waals surface area contributed by atoms with Crippen LogP contribution >= 0.6 is 0 Å². The summed E-state index contributed by atoms with van der Waals surface area (Å²) in [6, 6.07) is 0.446. The Morgan fingerprint density at radius 2 is 2.24 bits per heavy atom. The van der Waals surface area contributed by atoms with Gasteiger partial charge in [-0.1, -0.05) is 0 Å². The summed E-state index contributed by atoms with van der Waals surface area (Å²) in [6.45, 7) is 2.78. The van der Waals surface area contributed by atoms with Gasteiger partial charge < -0.3 is 15.8 Å². The monoisotopic (exact) mass is 240 g/mol. The number of nitrogens with one attached hydrogen (secondary N) is 1. The minimum atomic E-state index is 0.159. The van der Waals surface area contributed by atoms with Gasteiger partial charge in [0.1, 0.15) is 0 Å². The summed E-state index contributed by atoms with van der Waals surface area (Å²) in [6.07, 6.45) is 6.18. The number of carbonyl (C=O) groups excluding carboxylic acids is 1. The van der Waals surface area contributed by atoms with E-state index in [0.717, 1.165) is 25.9 Å². The zero-order valence-electron chi connectivity index (χ0n) is 10.7. The van der Waals surface area contributed by atoms with E-state index in [9.17, 15) is 4.79 Å². The predicted molar refractivity (Wildman–Crippen MR) is 66.5 cm³/mol. The van der Waals surface area contributed by atoms with Crippen molar-refractivity contribution in [3.63, 3.8) is 0 Å². The fourth-order valence-corrected chi connectivity index (χ4v) is 2.52. The third kappa shape index (κ3) is 3.96. The quantitative estimate of drug-likeness (QED) is 0.733. The molecule has 3 atom stereocenters. The summed E-state index contributed by atoms with van der Waals surface area (Å²) in [7, 11) is 0. The summed E-state index contributed by atoms with van der Waals surface area (Å²) < 4.78 is 5.70. The lowest BCUT2D eigenvalue weighted by molar-refractivity contribution is -0.122. The van der Waals surface area contributed by atoms with Crippen LogP contribution in [0, 0.1) is 5.92 Å². The second-order valence-corrected chi connectivity index (χ2v) is 5.51. The van der Waals surface area contributed by atoms with Crippen LogP contribution < -0.4 is 11.1 Å². The first-order valence-corrected chi connectivity index (χ1v) is 6.83. The van der Waals surface area contributed by atoms with Crippen LogP contribution in [-0.2, 0) is 9.53 Å². The second-order valence-electron chi connectivity index (χ2n) is 5.51. The van der Waals surface area contributed by atoms with E-state index in [1.54, 1.807) is 0 Å². The van der Waals surface area contributed by atoms with Crippen molar-refractivity contribution in [3.05, 3.63) is 0 Å². The van der Waals surface area contributed by atoms with Gasteiger partial charge in [-0.05, 0) is 44.9 Å². The average molecular weight is 240 g/mol. The summed E-state index contributed by atoms with van der Waals surface area (Å²) in [4.78, 5) is 11.8. The second kappa shape index (κ2) is 5.83. The van der Waals surface area contributed by atoms with Gasteiger partial charge in [-0.25, -0.2) is 0 Å². The number of ether oxygens (including phenoxy) is 1. The van der Waals surface area contributed by atoms with Crippen LogP contribution in [0.3, 0.4) is 0 Å². The van der Waals surface area contributed by atoms with Gasteiger partial charge in [0.15, 0.2) is 0 Å². The van der Waals surface area contributed by atoms with Crippen LogP contribution in [0.15, 0.2) is 0 Å². The molecule has 1 amide bonds. The summed E-state index contributed by atoms with van der Waals surface area (Å²) in [5, 5.41) is 3.12. The normalized spacial score (nSPS) is 30.2. The molecule has 0 aromatic rings. The van der Waals surface area contributed by atoms with Crippen molar-refractivity contribution in [3.8, 4) is 0 Å². The third-order valence-corrected chi connectivity index (χ3v) is 3.63. The maximum Gasteiger partial charge on any atom is 0.220 e. The van der Waals surface area contributed by atoms with Crippen molar-refractivity contribution in [1.29, 1.82) is 0 Å². The van der Waals surface area contributed by atoms with Crippen molar-refractivity contribution in [2.45, 2.75) is 63.6 Å². The summed E-state index contributed by atoms with van der Waals surface area (Å²) in [5.41, 5.74) is 5.66. The van der Waals surface area contributed by atoms with Gasteiger partial charge in [0.25, 0.3) is 0 Å². The number of carbonyl (C=O) groups is 1. The maximum atomic E-state index is 11.8. The molecule has 0 bridgehead atoms. The zero-order valence-corrected chi connectivity index (χ0v) is 10.7. The van der Waals surface area contributed by atoms with E-state index >= 15 is 0 Å². The molecule has 3 N–H and O–H groups in total. The minimum Gasteiger partial charge on any atom is -0.376 e. The molecule has 0 radical (unpaired) electrons. The van der Waals surface area contributed by atoms with Gasteiger partial charge in [0.05, 0.1) is 12.1 Å².